The molecule has 2 unspecified atom stereocenters. The second kappa shape index (κ2) is 25.3. The maximum atomic E-state index is 14.5. The van der Waals surface area contributed by atoms with E-state index in [4.69, 9.17) is 9.47 Å². The van der Waals surface area contributed by atoms with E-state index in [1.54, 1.807) is 44.2 Å². The number of pyridine rings is 1. The summed E-state index contributed by atoms with van der Waals surface area (Å²) in [4.78, 5) is 80.7. The fourth-order valence-electron chi connectivity index (χ4n) is 9.60. The highest BCUT2D eigenvalue weighted by Crippen LogP contribution is 2.30. The van der Waals surface area contributed by atoms with Gasteiger partial charge in [0.25, 0.3) is 0 Å². The van der Waals surface area contributed by atoms with Crippen LogP contribution in [0.2, 0.25) is 0 Å². The van der Waals surface area contributed by atoms with Gasteiger partial charge in [0.1, 0.15) is 12.1 Å². The number of carbonyl (C=O) groups excluding carboxylic acids is 5. The number of amides is 5. The summed E-state index contributed by atoms with van der Waals surface area (Å²) < 4.78 is 12.2. The number of rotatable bonds is 24. The largest absolute Gasteiger partial charge is 0.383 e. The van der Waals surface area contributed by atoms with E-state index in [9.17, 15) is 24.0 Å². The van der Waals surface area contributed by atoms with Crippen molar-refractivity contribution in [2.75, 3.05) is 52.5 Å². The molecule has 2 heterocycles. The van der Waals surface area contributed by atoms with Crippen molar-refractivity contribution in [3.63, 3.8) is 0 Å². The summed E-state index contributed by atoms with van der Waals surface area (Å²) >= 11 is 0. The van der Waals surface area contributed by atoms with Crippen molar-refractivity contribution in [3.05, 3.63) is 66.4 Å². The number of ether oxygens (including phenoxy) is 2. The Kier molecular flexibility index (Phi) is 20.6. The number of hydrogen-bond donors (Lipinski definition) is 4. The molecule has 0 aliphatic carbocycles. The van der Waals surface area contributed by atoms with Gasteiger partial charge in [-0.25, -0.2) is 0 Å². The summed E-state index contributed by atoms with van der Waals surface area (Å²) in [6.45, 7) is 18.2. The molecule has 2 aromatic carbocycles. The second-order valence-electron chi connectivity index (χ2n) is 19.6. The SMILES string of the molecule is CC[C@H](C)C([C@@H](CC(=O)N1CCC[C@H]1[C@H](OC)[C@@H](C)C(=O)N[C@@H](Cc1ccc(NC(C)C)cc1)C(=O)Nc1cnc2ccccc2c1)OC)N(C)C(=O)[C@@H](NC(=O)C(C(C)C)N(C)C)C(C)C. The van der Waals surface area contributed by atoms with Crippen LogP contribution in [-0.2, 0) is 39.9 Å². The Balaban J connectivity index is 1.53. The lowest BCUT2D eigenvalue weighted by atomic mass is 9.89. The van der Waals surface area contributed by atoms with Gasteiger partial charge < -0.3 is 40.5 Å². The Bertz CT molecular complexity index is 2090. The van der Waals surface area contributed by atoms with Gasteiger partial charge in [0.05, 0.1) is 60.1 Å². The number of fused-ring (bicyclic) bond motifs is 1. The normalized spacial score (nSPS) is 17.7. The van der Waals surface area contributed by atoms with E-state index < -0.39 is 54.2 Å². The van der Waals surface area contributed by atoms with Crippen LogP contribution >= 0.6 is 0 Å². The molecule has 0 saturated carbocycles. The highest BCUT2D eigenvalue weighted by atomic mass is 16.5. The van der Waals surface area contributed by atoms with Gasteiger partial charge in [-0.05, 0) is 88.4 Å². The maximum absolute atomic E-state index is 14.5. The maximum Gasteiger partial charge on any atom is 0.247 e. The number of carbonyl (C=O) groups is 5. The Morgan fingerprint density at radius 1 is 0.821 bits per heavy atom. The molecule has 1 saturated heterocycles. The Morgan fingerprint density at radius 2 is 1.49 bits per heavy atom. The number of para-hydroxylation sites is 1. The molecule has 67 heavy (non-hydrogen) atoms. The summed E-state index contributed by atoms with van der Waals surface area (Å²) in [7, 11) is 8.54. The van der Waals surface area contributed by atoms with E-state index in [2.05, 4.69) is 40.1 Å². The van der Waals surface area contributed by atoms with Crippen LogP contribution in [0.1, 0.15) is 93.6 Å². The molecule has 370 valence electrons. The number of anilines is 2. The highest BCUT2D eigenvalue weighted by molar-refractivity contribution is 5.99. The van der Waals surface area contributed by atoms with Crippen LogP contribution in [0.15, 0.2) is 60.8 Å². The molecule has 4 N–H and O–H groups in total. The third kappa shape index (κ3) is 14.4. The van der Waals surface area contributed by atoms with Crippen molar-refractivity contribution >= 4 is 51.8 Å². The summed E-state index contributed by atoms with van der Waals surface area (Å²) in [6.07, 6.45) is 2.50. The molecule has 15 nitrogen and oxygen atoms in total. The van der Waals surface area contributed by atoms with Crippen molar-refractivity contribution in [3.8, 4) is 0 Å². The zero-order chi connectivity index (χ0) is 49.7. The molecule has 5 amide bonds. The molecule has 0 radical (unpaired) electrons. The van der Waals surface area contributed by atoms with Crippen LogP contribution < -0.4 is 21.3 Å². The first-order valence-corrected chi connectivity index (χ1v) is 24.1. The van der Waals surface area contributed by atoms with Gasteiger partial charge >= 0.3 is 0 Å². The predicted molar refractivity (Wildman–Crippen MR) is 266 cm³/mol. The molecule has 1 fully saturated rings. The molecular formula is C52H80N8O7. The van der Waals surface area contributed by atoms with Crippen molar-refractivity contribution < 1.29 is 33.4 Å². The van der Waals surface area contributed by atoms with Crippen LogP contribution in [0.3, 0.4) is 0 Å². The summed E-state index contributed by atoms with van der Waals surface area (Å²) in [5.41, 5.74) is 3.12. The first-order valence-electron chi connectivity index (χ1n) is 24.1. The van der Waals surface area contributed by atoms with Gasteiger partial charge in [-0.2, -0.15) is 0 Å². The average molecular weight is 929 g/mol. The van der Waals surface area contributed by atoms with E-state index in [1.807, 2.05) is 115 Å². The number of hydrogen-bond acceptors (Lipinski definition) is 10. The number of likely N-dealkylation sites (tertiary alicyclic amines) is 1. The minimum atomic E-state index is -0.947. The minimum absolute atomic E-state index is 0.0112. The molecule has 9 atom stereocenters. The number of likely N-dealkylation sites (N-methyl/N-ethyl adjacent to an activating group) is 2. The Hall–Kier alpha value is -5.12. The number of benzene rings is 2. The first-order chi connectivity index (χ1) is 31.7. The van der Waals surface area contributed by atoms with Gasteiger partial charge in [-0.3, -0.25) is 33.9 Å². The van der Waals surface area contributed by atoms with Crippen LogP contribution in [0, 0.1) is 23.7 Å². The van der Waals surface area contributed by atoms with Crippen molar-refractivity contribution in [2.24, 2.45) is 23.7 Å². The van der Waals surface area contributed by atoms with Gasteiger partial charge in [0.15, 0.2) is 0 Å². The molecule has 15 heteroatoms. The van der Waals surface area contributed by atoms with Gasteiger partial charge in [-0.1, -0.05) is 85.2 Å². The molecule has 3 aromatic rings. The fraction of sp³-hybridized carbons (Fsp3) is 0.615. The number of methoxy groups -OCH3 is 2. The monoisotopic (exact) mass is 929 g/mol. The van der Waals surface area contributed by atoms with Gasteiger partial charge in [0, 0.05) is 51.3 Å². The van der Waals surface area contributed by atoms with E-state index >= 15 is 0 Å². The van der Waals surface area contributed by atoms with E-state index in [-0.39, 0.29) is 60.3 Å². The quantitative estimate of drug-likeness (QED) is 0.0791. The van der Waals surface area contributed by atoms with Crippen LogP contribution in [0.5, 0.6) is 0 Å². The molecule has 0 spiro atoms. The molecule has 0 bridgehead atoms. The van der Waals surface area contributed by atoms with Crippen LogP contribution in [0.4, 0.5) is 11.4 Å². The summed E-state index contributed by atoms with van der Waals surface area (Å²) in [6, 6.07) is 14.5. The zero-order valence-electron chi connectivity index (χ0n) is 42.6. The van der Waals surface area contributed by atoms with Gasteiger partial charge in [0.2, 0.25) is 29.5 Å². The third-order valence-electron chi connectivity index (χ3n) is 13.3. The zero-order valence-corrected chi connectivity index (χ0v) is 42.6. The van der Waals surface area contributed by atoms with Crippen molar-refractivity contribution in [1.29, 1.82) is 0 Å². The topological polar surface area (TPSA) is 175 Å². The molecule has 1 aliphatic rings. The molecular weight excluding hydrogens is 849 g/mol. The fourth-order valence-corrected chi connectivity index (χ4v) is 9.60. The summed E-state index contributed by atoms with van der Waals surface area (Å²) in [5, 5.41) is 13.3. The highest BCUT2D eigenvalue weighted by Gasteiger charge is 2.43. The average Bonchev–Trinajstić information content (AvgIpc) is 3.77. The van der Waals surface area contributed by atoms with E-state index in [0.29, 0.717) is 31.5 Å². The predicted octanol–water partition coefficient (Wildman–Crippen LogP) is 6.37. The molecule has 1 aliphatic heterocycles. The van der Waals surface area contributed by atoms with E-state index in [0.717, 1.165) is 22.2 Å². The van der Waals surface area contributed by atoms with Crippen LogP contribution in [0.25, 0.3) is 10.9 Å². The Labute approximate surface area is 399 Å². The van der Waals surface area contributed by atoms with Crippen LogP contribution in [-0.4, -0.2) is 140 Å². The van der Waals surface area contributed by atoms with Crippen molar-refractivity contribution in [2.45, 2.75) is 143 Å². The van der Waals surface area contributed by atoms with Crippen molar-refractivity contribution in [1.82, 2.24) is 30.3 Å². The number of nitrogens with one attached hydrogen (secondary N) is 4. The number of aromatic nitrogens is 1. The Morgan fingerprint density at radius 3 is 2.07 bits per heavy atom. The lowest BCUT2D eigenvalue weighted by Crippen LogP contribution is -2.59. The third-order valence-corrected chi connectivity index (χ3v) is 13.3. The lowest BCUT2D eigenvalue weighted by molar-refractivity contribution is -0.148. The van der Waals surface area contributed by atoms with Gasteiger partial charge in [-0.15, -0.1) is 0 Å². The lowest BCUT2D eigenvalue weighted by Gasteiger charge is -2.41. The van der Waals surface area contributed by atoms with E-state index in [1.165, 1.54) is 0 Å². The summed E-state index contributed by atoms with van der Waals surface area (Å²) in [5.74, 6) is -2.38. The second-order valence-corrected chi connectivity index (χ2v) is 19.6. The molecule has 1 aromatic heterocycles. The first kappa shape index (κ1) is 54.5. The molecule has 4 rings (SSSR count). The number of nitrogens with zero attached hydrogens (tertiary/aromatic N) is 4. The smallest absolute Gasteiger partial charge is 0.247 e. The standard InChI is InChI=1S/C52H80N8O7/c1-15-34(8)47(59(12)52(65)45(31(2)3)57-51(64)46(32(4)5)58(10)11)43(66-13)29-44(61)60-26-18-21-42(60)48(67-14)35(9)49(62)56-41(27-36-22-24-38(25-23-36)54-33(6)7)50(63)55-39-28-37-19-16-17-20-40(37)53-30-39/h16-17,19-20,22-25,28,30-35,41-43,45-48,54H,15,18,21,26-27,29H2,1-14H3,(H,55,63)(H,56,62)(H,57,64)/t34-,35+,41-,42-,43+,45-,46?,47?,48+/m0/s1. The minimum Gasteiger partial charge on any atom is -0.383 e.